The van der Waals surface area contributed by atoms with Crippen LogP contribution in [0.5, 0.6) is 0 Å². The Morgan fingerprint density at radius 3 is 3.00 bits per heavy atom. The number of nitrogens with zero attached hydrogens (tertiary/aromatic N) is 1. The molecule has 1 aliphatic heterocycles. The molecule has 0 aliphatic carbocycles. The summed E-state index contributed by atoms with van der Waals surface area (Å²) in [5, 5.41) is 0. The maximum atomic E-state index is 11.1. The maximum Gasteiger partial charge on any atom is 0.411 e. The molecule has 64 valence electrons. The number of ether oxygens (including phenoxy) is 2. The van der Waals surface area contributed by atoms with E-state index in [1.54, 1.807) is 11.8 Å². The van der Waals surface area contributed by atoms with E-state index in [-0.39, 0.29) is 12.3 Å². The Morgan fingerprint density at radius 2 is 2.55 bits per heavy atom. The first-order chi connectivity index (χ1) is 5.25. The van der Waals surface area contributed by atoms with Gasteiger partial charge in [0, 0.05) is 0 Å². The fourth-order valence-corrected chi connectivity index (χ4v) is 1.04. The summed E-state index contributed by atoms with van der Waals surface area (Å²) < 4.78 is 9.96. The molecule has 4 heteroatoms. The van der Waals surface area contributed by atoms with Crippen molar-refractivity contribution in [3.8, 4) is 0 Å². The molecule has 1 unspecified atom stereocenters. The van der Waals surface area contributed by atoms with Crippen molar-refractivity contribution in [2.75, 3.05) is 19.8 Å². The lowest BCUT2D eigenvalue weighted by Gasteiger charge is -2.18. The molecule has 1 aliphatic rings. The zero-order valence-electron chi connectivity index (χ0n) is 6.87. The number of rotatable bonds is 1. The van der Waals surface area contributed by atoms with E-state index in [1.165, 1.54) is 0 Å². The van der Waals surface area contributed by atoms with Crippen molar-refractivity contribution < 1.29 is 14.3 Å². The van der Waals surface area contributed by atoms with Crippen LogP contribution in [-0.4, -0.2) is 37.0 Å². The van der Waals surface area contributed by atoms with Gasteiger partial charge in [0.15, 0.2) is 0 Å². The summed E-state index contributed by atoms with van der Waals surface area (Å²) in [4.78, 5) is 12.7. The highest BCUT2D eigenvalue weighted by Crippen LogP contribution is 2.09. The van der Waals surface area contributed by atoms with Gasteiger partial charge in [-0.25, -0.2) is 4.79 Å². The van der Waals surface area contributed by atoms with Crippen LogP contribution in [0.4, 0.5) is 4.79 Å². The molecule has 0 aromatic heterocycles. The average Bonchev–Trinajstić information content (AvgIpc) is 2.36. The number of carbonyl (C=O) groups excluding carboxylic acids is 1. The van der Waals surface area contributed by atoms with Gasteiger partial charge in [-0.1, -0.05) is 0 Å². The van der Waals surface area contributed by atoms with Crippen LogP contribution in [0.25, 0.3) is 0 Å². The van der Waals surface area contributed by atoms with E-state index in [2.05, 4.69) is 0 Å². The van der Waals surface area contributed by atoms with Gasteiger partial charge < -0.3 is 9.47 Å². The molecule has 11 heavy (non-hydrogen) atoms. The Balaban J connectivity index is 2.39. The van der Waals surface area contributed by atoms with Crippen molar-refractivity contribution in [3.63, 3.8) is 0 Å². The number of carbonyl (C=O) groups is 1. The first kappa shape index (κ1) is 8.33. The molecule has 0 aromatic rings. The van der Waals surface area contributed by atoms with E-state index in [0.717, 1.165) is 0 Å². The fourth-order valence-electron chi connectivity index (χ4n) is 1.04. The molecular weight excluding hydrogens is 146 g/mol. The minimum absolute atomic E-state index is 0.131. The first-order valence-corrected chi connectivity index (χ1v) is 3.80. The molecule has 1 heterocycles. The van der Waals surface area contributed by atoms with Gasteiger partial charge >= 0.3 is 6.09 Å². The van der Waals surface area contributed by atoms with Gasteiger partial charge in [0.1, 0.15) is 6.23 Å². The summed E-state index contributed by atoms with van der Waals surface area (Å²) in [5.41, 5.74) is 0. The molecule has 1 fully saturated rings. The Morgan fingerprint density at radius 1 is 1.82 bits per heavy atom. The molecule has 0 spiro atoms. The highest BCUT2D eigenvalue weighted by Gasteiger charge is 2.26. The van der Waals surface area contributed by atoms with Crippen LogP contribution < -0.4 is 0 Å². The minimum Gasteiger partial charge on any atom is -0.450 e. The zero-order valence-corrected chi connectivity index (χ0v) is 6.87. The molecule has 0 saturated carbocycles. The van der Waals surface area contributed by atoms with E-state index in [4.69, 9.17) is 9.47 Å². The molecule has 0 aromatic carbocycles. The SMILES string of the molecule is CCOC(=O)N1CCOC1C. The Kier molecular flexibility index (Phi) is 2.70. The second-order valence-electron chi connectivity index (χ2n) is 2.36. The summed E-state index contributed by atoms with van der Waals surface area (Å²) in [6, 6.07) is 0. The highest BCUT2D eigenvalue weighted by atomic mass is 16.6. The molecule has 1 amide bonds. The zero-order chi connectivity index (χ0) is 8.27. The third-order valence-electron chi connectivity index (χ3n) is 1.63. The van der Waals surface area contributed by atoms with Crippen LogP contribution in [0.15, 0.2) is 0 Å². The number of amides is 1. The lowest BCUT2D eigenvalue weighted by Crippen LogP contribution is -2.34. The Hall–Kier alpha value is -0.770. The first-order valence-electron chi connectivity index (χ1n) is 3.80. The third kappa shape index (κ3) is 1.83. The van der Waals surface area contributed by atoms with Gasteiger partial charge in [-0.15, -0.1) is 0 Å². The minimum atomic E-state index is -0.280. The molecule has 0 N–H and O–H groups in total. The molecule has 1 saturated heterocycles. The maximum absolute atomic E-state index is 11.1. The molecule has 0 radical (unpaired) electrons. The topological polar surface area (TPSA) is 38.8 Å². The normalized spacial score (nSPS) is 23.8. The van der Waals surface area contributed by atoms with Crippen LogP contribution in [0.1, 0.15) is 13.8 Å². The van der Waals surface area contributed by atoms with E-state index >= 15 is 0 Å². The molecule has 1 atom stereocenters. The summed E-state index contributed by atoms with van der Waals surface area (Å²) in [6.45, 7) is 5.30. The van der Waals surface area contributed by atoms with Crippen molar-refractivity contribution >= 4 is 6.09 Å². The molecule has 4 nitrogen and oxygen atoms in total. The Labute approximate surface area is 66.1 Å². The van der Waals surface area contributed by atoms with Crippen molar-refractivity contribution in [3.05, 3.63) is 0 Å². The number of hydrogen-bond acceptors (Lipinski definition) is 3. The fraction of sp³-hybridized carbons (Fsp3) is 0.857. The van der Waals surface area contributed by atoms with Gasteiger partial charge in [0.05, 0.1) is 19.8 Å². The smallest absolute Gasteiger partial charge is 0.411 e. The van der Waals surface area contributed by atoms with Crippen LogP contribution in [0, 0.1) is 0 Å². The Bertz CT molecular complexity index is 149. The molecule has 1 rings (SSSR count). The van der Waals surface area contributed by atoms with Crippen molar-refractivity contribution in [1.82, 2.24) is 4.90 Å². The summed E-state index contributed by atoms with van der Waals surface area (Å²) in [6.07, 6.45) is -0.411. The van der Waals surface area contributed by atoms with Gasteiger partial charge in [-0.2, -0.15) is 0 Å². The van der Waals surface area contributed by atoms with Gasteiger partial charge in [-0.05, 0) is 13.8 Å². The monoisotopic (exact) mass is 159 g/mol. The summed E-state index contributed by atoms with van der Waals surface area (Å²) in [7, 11) is 0. The lowest BCUT2D eigenvalue weighted by molar-refractivity contribution is 0.0378. The van der Waals surface area contributed by atoms with Crippen molar-refractivity contribution in [1.29, 1.82) is 0 Å². The van der Waals surface area contributed by atoms with Crippen LogP contribution in [-0.2, 0) is 9.47 Å². The van der Waals surface area contributed by atoms with E-state index < -0.39 is 0 Å². The van der Waals surface area contributed by atoms with Crippen LogP contribution in [0.2, 0.25) is 0 Å². The second-order valence-corrected chi connectivity index (χ2v) is 2.36. The highest BCUT2D eigenvalue weighted by molar-refractivity contribution is 5.67. The van der Waals surface area contributed by atoms with E-state index in [1.807, 2.05) is 6.92 Å². The standard InChI is InChI=1S/C7H13NO3/c1-3-10-7(9)8-4-5-11-6(8)2/h6H,3-5H2,1-2H3. The van der Waals surface area contributed by atoms with Crippen molar-refractivity contribution in [2.45, 2.75) is 20.1 Å². The largest absolute Gasteiger partial charge is 0.450 e. The van der Waals surface area contributed by atoms with Gasteiger partial charge in [0.2, 0.25) is 0 Å². The van der Waals surface area contributed by atoms with Crippen LogP contribution in [0.3, 0.4) is 0 Å². The average molecular weight is 159 g/mol. The van der Waals surface area contributed by atoms with E-state index in [9.17, 15) is 4.79 Å². The van der Waals surface area contributed by atoms with Crippen LogP contribution >= 0.6 is 0 Å². The second kappa shape index (κ2) is 3.57. The predicted molar refractivity (Wildman–Crippen MR) is 39.1 cm³/mol. The van der Waals surface area contributed by atoms with Crippen molar-refractivity contribution in [2.24, 2.45) is 0 Å². The van der Waals surface area contributed by atoms with Gasteiger partial charge in [-0.3, -0.25) is 4.90 Å². The molecular formula is C7H13NO3. The predicted octanol–water partition coefficient (Wildman–Crippen LogP) is 0.821. The lowest BCUT2D eigenvalue weighted by atomic mass is 10.5. The summed E-state index contributed by atoms with van der Waals surface area (Å²) >= 11 is 0. The third-order valence-corrected chi connectivity index (χ3v) is 1.63. The van der Waals surface area contributed by atoms with E-state index in [0.29, 0.717) is 19.8 Å². The summed E-state index contributed by atoms with van der Waals surface area (Å²) in [5.74, 6) is 0. The number of hydrogen-bond donors (Lipinski definition) is 0. The molecule has 0 bridgehead atoms. The van der Waals surface area contributed by atoms with Gasteiger partial charge in [0.25, 0.3) is 0 Å². The quantitative estimate of drug-likeness (QED) is 0.568.